The lowest BCUT2D eigenvalue weighted by atomic mass is 9.98. The second-order valence-corrected chi connectivity index (χ2v) is 8.51. The zero-order valence-electron chi connectivity index (χ0n) is 13.4. The quantitative estimate of drug-likeness (QED) is 0.918. The Hall–Kier alpha value is -1.11. The van der Waals surface area contributed by atoms with Crippen molar-refractivity contribution in [2.45, 2.75) is 37.6 Å². The monoisotopic (exact) mass is 324 g/mol. The number of rotatable bonds is 3. The highest BCUT2D eigenvalue weighted by atomic mass is 32.2. The Morgan fingerprint density at radius 3 is 2.59 bits per heavy atom. The maximum absolute atomic E-state index is 13.1. The molecule has 6 heteroatoms. The van der Waals surface area contributed by atoms with Gasteiger partial charge in [0.25, 0.3) is 0 Å². The number of hydrogen-bond acceptors (Lipinski definition) is 4. The van der Waals surface area contributed by atoms with Crippen molar-refractivity contribution >= 4 is 10.0 Å². The molecule has 22 heavy (non-hydrogen) atoms. The van der Waals surface area contributed by atoms with E-state index in [2.05, 4.69) is 0 Å². The molecule has 1 saturated carbocycles. The minimum Gasteiger partial charge on any atom is -0.495 e. The molecule has 2 N–H and O–H groups in total. The van der Waals surface area contributed by atoms with E-state index in [-0.39, 0.29) is 10.9 Å². The van der Waals surface area contributed by atoms with E-state index < -0.39 is 10.0 Å². The zero-order valence-corrected chi connectivity index (χ0v) is 14.2. The lowest BCUT2D eigenvalue weighted by molar-refractivity contribution is 0.391. The molecule has 1 aliphatic carbocycles. The van der Waals surface area contributed by atoms with E-state index in [9.17, 15) is 8.42 Å². The Labute approximate surface area is 132 Å². The summed E-state index contributed by atoms with van der Waals surface area (Å²) in [5, 5.41) is 0. The van der Waals surface area contributed by atoms with Gasteiger partial charge in [0.2, 0.25) is 10.0 Å². The summed E-state index contributed by atoms with van der Waals surface area (Å²) >= 11 is 0. The lowest BCUT2D eigenvalue weighted by Crippen LogP contribution is -2.33. The summed E-state index contributed by atoms with van der Waals surface area (Å²) in [7, 11) is -2.02. The molecule has 1 aliphatic heterocycles. The molecule has 122 valence electrons. The molecule has 0 amide bonds. The van der Waals surface area contributed by atoms with Crippen LogP contribution in [0.1, 0.15) is 24.0 Å². The summed E-state index contributed by atoms with van der Waals surface area (Å²) in [6.07, 6.45) is 2.04. The van der Waals surface area contributed by atoms with Gasteiger partial charge >= 0.3 is 0 Å². The zero-order chi connectivity index (χ0) is 16.1. The van der Waals surface area contributed by atoms with Crippen LogP contribution in [0.5, 0.6) is 5.75 Å². The van der Waals surface area contributed by atoms with E-state index in [0.717, 1.165) is 24.0 Å². The lowest BCUT2D eigenvalue weighted by Gasteiger charge is -2.21. The first kappa shape index (κ1) is 15.8. The first-order valence-electron chi connectivity index (χ1n) is 7.75. The summed E-state index contributed by atoms with van der Waals surface area (Å²) in [4.78, 5) is 0.279. The van der Waals surface area contributed by atoms with Crippen LogP contribution in [0.15, 0.2) is 17.0 Å². The molecule has 0 bridgehead atoms. The molecule has 3 atom stereocenters. The summed E-state index contributed by atoms with van der Waals surface area (Å²) in [6, 6.07) is 3.77. The Morgan fingerprint density at radius 1 is 1.23 bits per heavy atom. The molecule has 1 heterocycles. The summed E-state index contributed by atoms with van der Waals surface area (Å²) < 4.78 is 33.1. The fourth-order valence-corrected chi connectivity index (χ4v) is 5.82. The Balaban J connectivity index is 1.98. The highest BCUT2D eigenvalue weighted by Gasteiger charge is 2.45. The molecule has 0 spiro atoms. The molecule has 3 unspecified atom stereocenters. The van der Waals surface area contributed by atoms with Gasteiger partial charge in [-0.3, -0.25) is 0 Å². The predicted molar refractivity (Wildman–Crippen MR) is 85.4 cm³/mol. The van der Waals surface area contributed by atoms with Crippen LogP contribution in [0, 0.1) is 25.7 Å². The largest absolute Gasteiger partial charge is 0.495 e. The highest BCUT2D eigenvalue weighted by Crippen LogP contribution is 2.41. The molecule has 3 rings (SSSR count). The molecule has 0 radical (unpaired) electrons. The number of aryl methyl sites for hydroxylation is 2. The van der Waals surface area contributed by atoms with Crippen molar-refractivity contribution in [3.63, 3.8) is 0 Å². The van der Waals surface area contributed by atoms with Gasteiger partial charge in [-0.1, -0.05) is 6.07 Å². The highest BCUT2D eigenvalue weighted by molar-refractivity contribution is 7.89. The fourth-order valence-electron chi connectivity index (χ4n) is 3.97. The molecule has 1 saturated heterocycles. The van der Waals surface area contributed by atoms with Crippen molar-refractivity contribution in [2.75, 3.05) is 20.2 Å². The number of nitrogens with two attached hydrogens (primary N) is 1. The minimum absolute atomic E-state index is 0.131. The van der Waals surface area contributed by atoms with Crippen LogP contribution in [0.3, 0.4) is 0 Å². The van der Waals surface area contributed by atoms with Gasteiger partial charge in [-0.15, -0.1) is 0 Å². The molecule has 2 fully saturated rings. The number of hydrogen-bond donors (Lipinski definition) is 1. The molecular weight excluding hydrogens is 300 g/mol. The number of fused-ring (bicyclic) bond motifs is 1. The predicted octanol–water partition coefficient (Wildman–Crippen LogP) is 1.67. The third kappa shape index (κ3) is 2.43. The van der Waals surface area contributed by atoms with Crippen LogP contribution in [0.4, 0.5) is 0 Å². The van der Waals surface area contributed by atoms with Crippen LogP contribution in [0.25, 0.3) is 0 Å². The SMILES string of the molecule is COc1c(C)cc(C)cc1S(=O)(=O)N1CC2CCC(N)C2C1. The van der Waals surface area contributed by atoms with Crippen LogP contribution in [0.2, 0.25) is 0 Å². The number of sulfonamides is 1. The van der Waals surface area contributed by atoms with Gasteiger partial charge in [0.05, 0.1) is 7.11 Å². The van der Waals surface area contributed by atoms with Gasteiger partial charge in [0.15, 0.2) is 0 Å². The van der Waals surface area contributed by atoms with Crippen molar-refractivity contribution in [1.29, 1.82) is 0 Å². The standard InChI is InChI=1S/C16H24N2O3S/c1-10-6-11(2)16(21-3)15(7-10)22(19,20)18-8-12-4-5-14(17)13(12)9-18/h6-7,12-14H,4-5,8-9,17H2,1-3H3. The maximum atomic E-state index is 13.1. The average Bonchev–Trinajstić information content (AvgIpc) is 3.01. The van der Waals surface area contributed by atoms with Crippen molar-refractivity contribution in [2.24, 2.45) is 17.6 Å². The fraction of sp³-hybridized carbons (Fsp3) is 0.625. The van der Waals surface area contributed by atoms with E-state index in [1.54, 1.807) is 10.4 Å². The Morgan fingerprint density at radius 2 is 1.95 bits per heavy atom. The number of methoxy groups -OCH3 is 1. The molecule has 2 aliphatic rings. The second kappa shape index (κ2) is 5.51. The number of ether oxygens (including phenoxy) is 1. The minimum atomic E-state index is -3.54. The molecule has 0 aromatic heterocycles. The number of nitrogens with zero attached hydrogens (tertiary/aromatic N) is 1. The van der Waals surface area contributed by atoms with Gasteiger partial charge in [-0.25, -0.2) is 8.42 Å². The van der Waals surface area contributed by atoms with E-state index >= 15 is 0 Å². The van der Waals surface area contributed by atoms with Gasteiger partial charge in [-0.05, 0) is 55.7 Å². The molecule has 1 aromatic carbocycles. The van der Waals surface area contributed by atoms with E-state index in [0.29, 0.717) is 30.7 Å². The van der Waals surface area contributed by atoms with Crippen molar-refractivity contribution in [1.82, 2.24) is 4.31 Å². The molecule has 5 nitrogen and oxygen atoms in total. The second-order valence-electron chi connectivity index (χ2n) is 6.60. The van der Waals surface area contributed by atoms with Crippen LogP contribution in [-0.2, 0) is 10.0 Å². The Bertz CT molecular complexity index is 687. The van der Waals surface area contributed by atoms with Crippen molar-refractivity contribution < 1.29 is 13.2 Å². The van der Waals surface area contributed by atoms with E-state index in [1.165, 1.54) is 7.11 Å². The summed E-state index contributed by atoms with van der Waals surface area (Å²) in [5.41, 5.74) is 7.89. The summed E-state index contributed by atoms with van der Waals surface area (Å²) in [6.45, 7) is 4.89. The van der Waals surface area contributed by atoms with E-state index in [4.69, 9.17) is 10.5 Å². The Kier molecular flexibility index (Phi) is 3.95. The van der Waals surface area contributed by atoms with E-state index in [1.807, 2.05) is 19.9 Å². The first-order valence-corrected chi connectivity index (χ1v) is 9.19. The van der Waals surface area contributed by atoms with Crippen LogP contribution < -0.4 is 10.5 Å². The first-order chi connectivity index (χ1) is 10.3. The van der Waals surface area contributed by atoms with Gasteiger partial charge < -0.3 is 10.5 Å². The third-order valence-electron chi connectivity index (χ3n) is 5.09. The smallest absolute Gasteiger partial charge is 0.246 e. The normalized spacial score (nSPS) is 28.8. The van der Waals surface area contributed by atoms with Gasteiger partial charge in [-0.2, -0.15) is 4.31 Å². The van der Waals surface area contributed by atoms with Crippen LogP contribution >= 0.6 is 0 Å². The summed E-state index contributed by atoms with van der Waals surface area (Å²) in [5.74, 6) is 1.15. The number of benzene rings is 1. The topological polar surface area (TPSA) is 72.6 Å². The van der Waals surface area contributed by atoms with Gasteiger partial charge in [0, 0.05) is 19.1 Å². The average molecular weight is 324 g/mol. The molecule has 1 aromatic rings. The van der Waals surface area contributed by atoms with Crippen LogP contribution in [-0.4, -0.2) is 39.0 Å². The van der Waals surface area contributed by atoms with Crippen molar-refractivity contribution in [3.8, 4) is 5.75 Å². The molecular formula is C16H24N2O3S. The third-order valence-corrected chi connectivity index (χ3v) is 6.92. The maximum Gasteiger partial charge on any atom is 0.246 e. The van der Waals surface area contributed by atoms with Gasteiger partial charge in [0.1, 0.15) is 10.6 Å². The van der Waals surface area contributed by atoms with Crippen molar-refractivity contribution in [3.05, 3.63) is 23.3 Å².